The molecule has 0 bridgehead atoms. The fourth-order valence-electron chi connectivity index (χ4n) is 2.29. The van der Waals surface area contributed by atoms with E-state index in [0.717, 1.165) is 36.2 Å². The Kier molecular flexibility index (Phi) is 2.73. The molecule has 4 heteroatoms. The summed E-state index contributed by atoms with van der Waals surface area (Å²) in [6.07, 6.45) is 3.80. The van der Waals surface area contributed by atoms with Crippen molar-refractivity contribution < 1.29 is 4.39 Å². The molecule has 3 rings (SSSR count). The molecule has 0 spiro atoms. The lowest BCUT2D eigenvalue weighted by Crippen LogP contribution is -2.12. The molecule has 1 saturated heterocycles. The number of aromatic nitrogens is 2. The first kappa shape index (κ1) is 10.6. The quantitative estimate of drug-likeness (QED) is 0.858. The van der Waals surface area contributed by atoms with Gasteiger partial charge in [-0.25, -0.2) is 14.4 Å². The highest BCUT2D eigenvalue weighted by Gasteiger charge is 2.16. The number of nitrogens with zero attached hydrogens (tertiary/aromatic N) is 2. The van der Waals surface area contributed by atoms with E-state index in [4.69, 9.17) is 0 Å². The predicted molar refractivity (Wildman–Crippen MR) is 64.2 cm³/mol. The maximum atomic E-state index is 13.0. The van der Waals surface area contributed by atoms with Crippen LogP contribution in [0.15, 0.2) is 24.4 Å². The highest BCUT2D eigenvalue weighted by molar-refractivity contribution is 5.77. The van der Waals surface area contributed by atoms with E-state index in [2.05, 4.69) is 15.3 Å². The van der Waals surface area contributed by atoms with Crippen molar-refractivity contribution >= 4 is 10.9 Å². The fourth-order valence-corrected chi connectivity index (χ4v) is 2.29. The summed E-state index contributed by atoms with van der Waals surface area (Å²) in [5.41, 5.74) is 0.822. The first-order chi connectivity index (χ1) is 8.31. The lowest BCUT2D eigenvalue weighted by Gasteiger charge is -2.07. The smallest absolute Gasteiger partial charge is 0.129 e. The Morgan fingerprint density at radius 1 is 1.41 bits per heavy atom. The van der Waals surface area contributed by atoms with Crippen LogP contribution in [0.25, 0.3) is 10.9 Å². The maximum absolute atomic E-state index is 13.0. The molecule has 1 N–H and O–H groups in total. The molecule has 1 unspecified atom stereocenters. The second-order valence-electron chi connectivity index (χ2n) is 4.55. The number of halogens is 1. The summed E-state index contributed by atoms with van der Waals surface area (Å²) in [5.74, 6) is 1.25. The van der Waals surface area contributed by atoms with Crippen LogP contribution in [0.3, 0.4) is 0 Å². The molecule has 3 nitrogen and oxygen atoms in total. The molecule has 17 heavy (non-hydrogen) atoms. The van der Waals surface area contributed by atoms with Crippen LogP contribution >= 0.6 is 0 Å². The van der Waals surface area contributed by atoms with E-state index in [1.54, 1.807) is 12.3 Å². The third-order valence-corrected chi connectivity index (χ3v) is 3.23. The van der Waals surface area contributed by atoms with Gasteiger partial charge in [-0.3, -0.25) is 0 Å². The highest BCUT2D eigenvalue weighted by atomic mass is 19.1. The van der Waals surface area contributed by atoms with Crippen LogP contribution in [0.5, 0.6) is 0 Å². The first-order valence-electron chi connectivity index (χ1n) is 5.93. The number of fused-ring (bicyclic) bond motifs is 1. The summed E-state index contributed by atoms with van der Waals surface area (Å²) in [5, 5.41) is 4.09. The van der Waals surface area contributed by atoms with E-state index in [0.29, 0.717) is 5.92 Å². The first-order valence-corrected chi connectivity index (χ1v) is 5.93. The number of benzene rings is 1. The lowest BCUT2D eigenvalue weighted by molar-refractivity contribution is 0.562. The molecule has 0 radical (unpaired) electrons. The van der Waals surface area contributed by atoms with Crippen molar-refractivity contribution in [2.75, 3.05) is 13.1 Å². The minimum atomic E-state index is -0.242. The van der Waals surface area contributed by atoms with E-state index in [1.165, 1.54) is 18.6 Å². The number of nitrogens with one attached hydrogen (secondary N) is 1. The van der Waals surface area contributed by atoms with Crippen molar-refractivity contribution in [3.8, 4) is 0 Å². The van der Waals surface area contributed by atoms with Crippen molar-refractivity contribution in [1.29, 1.82) is 0 Å². The molecule has 88 valence electrons. The lowest BCUT2D eigenvalue weighted by atomic mass is 10.0. The van der Waals surface area contributed by atoms with E-state index in [9.17, 15) is 4.39 Å². The Labute approximate surface area is 99.1 Å². The van der Waals surface area contributed by atoms with Crippen molar-refractivity contribution in [3.05, 3.63) is 36.0 Å². The van der Waals surface area contributed by atoms with Crippen LogP contribution in [-0.2, 0) is 6.42 Å². The molecule has 1 aliphatic rings. The number of hydrogen-bond acceptors (Lipinski definition) is 3. The van der Waals surface area contributed by atoms with Gasteiger partial charge in [-0.05, 0) is 43.6 Å². The van der Waals surface area contributed by atoms with Crippen LogP contribution in [-0.4, -0.2) is 23.1 Å². The molecule has 1 fully saturated rings. The predicted octanol–water partition coefficient (Wildman–Crippen LogP) is 1.92. The van der Waals surface area contributed by atoms with E-state index in [1.807, 2.05) is 0 Å². The van der Waals surface area contributed by atoms with E-state index < -0.39 is 0 Å². The summed E-state index contributed by atoms with van der Waals surface area (Å²) in [6.45, 7) is 2.13. The minimum absolute atomic E-state index is 0.242. The number of rotatable bonds is 2. The third kappa shape index (κ3) is 2.26. The average Bonchev–Trinajstić information content (AvgIpc) is 2.82. The van der Waals surface area contributed by atoms with E-state index in [-0.39, 0.29) is 5.82 Å². The molecule has 1 aromatic heterocycles. The van der Waals surface area contributed by atoms with Crippen LogP contribution in [0, 0.1) is 11.7 Å². The van der Waals surface area contributed by atoms with Gasteiger partial charge in [0.15, 0.2) is 0 Å². The van der Waals surface area contributed by atoms with Crippen LogP contribution in [0.1, 0.15) is 12.2 Å². The summed E-state index contributed by atoms with van der Waals surface area (Å²) in [4.78, 5) is 8.78. The fraction of sp³-hybridized carbons (Fsp3) is 0.385. The molecule has 0 amide bonds. The SMILES string of the molecule is Fc1ccc2nc(CC3CCNC3)ncc2c1. The van der Waals surface area contributed by atoms with E-state index >= 15 is 0 Å². The molecule has 1 aromatic carbocycles. The topological polar surface area (TPSA) is 37.8 Å². The summed E-state index contributed by atoms with van der Waals surface area (Å²) < 4.78 is 13.0. The summed E-state index contributed by atoms with van der Waals surface area (Å²) >= 11 is 0. The van der Waals surface area contributed by atoms with Crippen molar-refractivity contribution in [2.24, 2.45) is 5.92 Å². The monoisotopic (exact) mass is 231 g/mol. The summed E-state index contributed by atoms with van der Waals surface area (Å²) in [6, 6.07) is 4.62. The Balaban J connectivity index is 1.88. The van der Waals surface area contributed by atoms with Gasteiger partial charge >= 0.3 is 0 Å². The van der Waals surface area contributed by atoms with Gasteiger partial charge in [-0.15, -0.1) is 0 Å². The normalized spacial score (nSPS) is 19.9. The molecular weight excluding hydrogens is 217 g/mol. The Morgan fingerprint density at radius 2 is 2.35 bits per heavy atom. The van der Waals surface area contributed by atoms with Crippen molar-refractivity contribution in [3.63, 3.8) is 0 Å². The van der Waals surface area contributed by atoms with Gasteiger partial charge in [-0.2, -0.15) is 0 Å². The summed E-state index contributed by atoms with van der Waals surface area (Å²) in [7, 11) is 0. The Morgan fingerprint density at radius 3 is 3.18 bits per heavy atom. The van der Waals surface area contributed by atoms with Crippen molar-refractivity contribution in [1.82, 2.24) is 15.3 Å². The molecule has 1 atom stereocenters. The molecular formula is C13H14FN3. The zero-order valence-electron chi connectivity index (χ0n) is 9.49. The second kappa shape index (κ2) is 4.37. The minimum Gasteiger partial charge on any atom is -0.316 e. The van der Waals surface area contributed by atoms with Gasteiger partial charge in [0.2, 0.25) is 0 Å². The molecule has 0 aliphatic carbocycles. The van der Waals surface area contributed by atoms with Crippen LogP contribution < -0.4 is 5.32 Å². The molecule has 2 heterocycles. The highest BCUT2D eigenvalue weighted by Crippen LogP contribution is 2.16. The van der Waals surface area contributed by atoms with Gasteiger partial charge in [-0.1, -0.05) is 0 Å². The number of hydrogen-bond donors (Lipinski definition) is 1. The van der Waals surface area contributed by atoms with Crippen molar-refractivity contribution in [2.45, 2.75) is 12.8 Å². The van der Waals surface area contributed by atoms with Crippen LogP contribution in [0.2, 0.25) is 0 Å². The molecule has 2 aromatic rings. The van der Waals surface area contributed by atoms with Gasteiger partial charge in [0, 0.05) is 18.0 Å². The average molecular weight is 231 g/mol. The molecule has 0 saturated carbocycles. The zero-order chi connectivity index (χ0) is 11.7. The van der Waals surface area contributed by atoms with Gasteiger partial charge in [0.25, 0.3) is 0 Å². The third-order valence-electron chi connectivity index (χ3n) is 3.23. The largest absolute Gasteiger partial charge is 0.316 e. The Hall–Kier alpha value is -1.55. The standard InChI is InChI=1S/C13H14FN3/c14-11-1-2-12-10(6-11)8-16-13(17-12)5-9-3-4-15-7-9/h1-2,6,8-9,15H,3-5,7H2. The second-order valence-corrected chi connectivity index (χ2v) is 4.55. The van der Waals surface area contributed by atoms with Crippen LogP contribution in [0.4, 0.5) is 4.39 Å². The molecule has 1 aliphatic heterocycles. The maximum Gasteiger partial charge on any atom is 0.129 e. The van der Waals surface area contributed by atoms with Gasteiger partial charge in [0.1, 0.15) is 11.6 Å². The zero-order valence-corrected chi connectivity index (χ0v) is 9.49. The van der Waals surface area contributed by atoms with Gasteiger partial charge < -0.3 is 5.32 Å². The van der Waals surface area contributed by atoms with Gasteiger partial charge in [0.05, 0.1) is 5.52 Å². The Bertz CT molecular complexity index is 535.